The highest BCUT2D eigenvalue weighted by atomic mass is 35.5. The fraction of sp³-hybridized carbons (Fsp3) is 0.312. The number of nitrogens with one attached hydrogen (secondary N) is 1. The number of carboxylic acids is 1. The Balaban J connectivity index is 2.12. The predicted octanol–water partition coefficient (Wildman–Crippen LogP) is 3.55. The summed E-state index contributed by atoms with van der Waals surface area (Å²) in [4.78, 5) is 23.0. The first-order valence-corrected chi connectivity index (χ1v) is 7.99. The third-order valence-electron chi connectivity index (χ3n) is 3.39. The Kier molecular flexibility index (Phi) is 5.51. The summed E-state index contributed by atoms with van der Waals surface area (Å²) in [5, 5.41) is 16.7. The summed E-state index contributed by atoms with van der Waals surface area (Å²) < 4.78 is 1.48. The highest BCUT2D eigenvalue weighted by Crippen LogP contribution is 2.24. The number of amides is 1. The summed E-state index contributed by atoms with van der Waals surface area (Å²) >= 11 is 12.0. The molecule has 1 aromatic carbocycles. The van der Waals surface area contributed by atoms with Crippen LogP contribution in [0.4, 0.5) is 0 Å². The molecule has 0 unspecified atom stereocenters. The van der Waals surface area contributed by atoms with Gasteiger partial charge in [-0.25, -0.2) is 4.68 Å². The topological polar surface area (TPSA) is 84.2 Å². The molecule has 2 rings (SSSR count). The summed E-state index contributed by atoms with van der Waals surface area (Å²) in [6.07, 6.45) is 1.91. The smallest absolute Gasteiger partial charge is 0.303 e. The Labute approximate surface area is 149 Å². The van der Waals surface area contributed by atoms with Gasteiger partial charge in [-0.1, -0.05) is 23.2 Å². The molecule has 0 aliphatic rings. The zero-order chi connectivity index (χ0) is 17.9. The van der Waals surface area contributed by atoms with Crippen LogP contribution >= 0.6 is 23.2 Å². The average Bonchev–Trinajstić information content (AvgIpc) is 2.94. The number of carbonyl (C=O) groups is 2. The Morgan fingerprint density at radius 1 is 1.29 bits per heavy atom. The summed E-state index contributed by atoms with van der Waals surface area (Å²) in [7, 11) is 0. The van der Waals surface area contributed by atoms with E-state index in [1.165, 1.54) is 4.68 Å². The van der Waals surface area contributed by atoms with E-state index < -0.39 is 11.5 Å². The Bertz CT molecular complexity index is 772. The molecule has 2 aromatic rings. The molecule has 1 aromatic heterocycles. The largest absolute Gasteiger partial charge is 0.481 e. The molecule has 2 N–H and O–H groups in total. The van der Waals surface area contributed by atoms with Crippen LogP contribution in [0.2, 0.25) is 10.0 Å². The lowest BCUT2D eigenvalue weighted by Crippen LogP contribution is -2.43. The van der Waals surface area contributed by atoms with Crippen LogP contribution < -0.4 is 5.32 Å². The van der Waals surface area contributed by atoms with Crippen LogP contribution in [0.15, 0.2) is 30.5 Å². The van der Waals surface area contributed by atoms with Crippen molar-refractivity contribution in [2.45, 2.75) is 32.2 Å². The lowest BCUT2D eigenvalue weighted by atomic mass is 9.98. The molecule has 6 nitrogen and oxygen atoms in total. The van der Waals surface area contributed by atoms with Crippen LogP contribution in [0.25, 0.3) is 5.69 Å². The number of hydrogen-bond donors (Lipinski definition) is 2. The second kappa shape index (κ2) is 7.23. The SMILES string of the molecule is CC(C)(CCC(=O)O)NC(=O)c1ccn(-c2ccc(Cl)cc2Cl)n1. The molecular formula is C16H17Cl2N3O3. The van der Waals surface area contributed by atoms with Crippen LogP contribution in [0.3, 0.4) is 0 Å². The number of benzene rings is 1. The van der Waals surface area contributed by atoms with Gasteiger partial charge in [0.25, 0.3) is 5.91 Å². The van der Waals surface area contributed by atoms with Crippen molar-refractivity contribution in [2.24, 2.45) is 0 Å². The van der Waals surface area contributed by atoms with Gasteiger partial charge in [-0.2, -0.15) is 5.10 Å². The van der Waals surface area contributed by atoms with Crippen molar-refractivity contribution in [1.29, 1.82) is 0 Å². The molecule has 0 saturated heterocycles. The van der Waals surface area contributed by atoms with E-state index in [-0.39, 0.29) is 18.0 Å². The molecule has 0 aliphatic carbocycles. The second-order valence-corrected chi connectivity index (χ2v) is 6.82. The van der Waals surface area contributed by atoms with Crippen molar-refractivity contribution >= 4 is 35.1 Å². The van der Waals surface area contributed by atoms with Gasteiger partial charge in [0.05, 0.1) is 10.7 Å². The van der Waals surface area contributed by atoms with Crippen molar-refractivity contribution in [3.8, 4) is 5.69 Å². The van der Waals surface area contributed by atoms with Crippen molar-refractivity contribution in [1.82, 2.24) is 15.1 Å². The van der Waals surface area contributed by atoms with Gasteiger partial charge >= 0.3 is 5.97 Å². The molecule has 8 heteroatoms. The molecule has 0 radical (unpaired) electrons. The Morgan fingerprint density at radius 2 is 2.00 bits per heavy atom. The van der Waals surface area contributed by atoms with E-state index in [1.54, 1.807) is 44.3 Å². The number of hydrogen-bond acceptors (Lipinski definition) is 3. The van der Waals surface area contributed by atoms with E-state index in [2.05, 4.69) is 10.4 Å². The molecule has 0 aliphatic heterocycles. The number of aliphatic carboxylic acids is 1. The maximum atomic E-state index is 12.3. The number of carbonyl (C=O) groups excluding carboxylic acids is 1. The quantitative estimate of drug-likeness (QED) is 0.815. The minimum absolute atomic E-state index is 0.0257. The van der Waals surface area contributed by atoms with Gasteiger partial charge in [0.15, 0.2) is 5.69 Å². The van der Waals surface area contributed by atoms with Gasteiger partial charge in [-0.15, -0.1) is 0 Å². The first-order chi connectivity index (χ1) is 11.2. The van der Waals surface area contributed by atoms with Gasteiger partial charge in [0, 0.05) is 23.2 Å². The van der Waals surface area contributed by atoms with Crippen LogP contribution in [-0.4, -0.2) is 32.3 Å². The molecule has 24 heavy (non-hydrogen) atoms. The van der Waals surface area contributed by atoms with Crippen molar-refractivity contribution in [3.63, 3.8) is 0 Å². The fourth-order valence-electron chi connectivity index (χ4n) is 2.10. The van der Waals surface area contributed by atoms with Crippen molar-refractivity contribution < 1.29 is 14.7 Å². The molecule has 1 heterocycles. The summed E-state index contributed by atoms with van der Waals surface area (Å²) in [6.45, 7) is 3.53. The van der Waals surface area contributed by atoms with Crippen LogP contribution in [0.5, 0.6) is 0 Å². The normalized spacial score (nSPS) is 11.3. The van der Waals surface area contributed by atoms with E-state index in [9.17, 15) is 9.59 Å². The average molecular weight is 370 g/mol. The maximum absolute atomic E-state index is 12.3. The highest BCUT2D eigenvalue weighted by Gasteiger charge is 2.23. The van der Waals surface area contributed by atoms with Crippen LogP contribution in [0, 0.1) is 0 Å². The number of halogens is 2. The fourth-order valence-corrected chi connectivity index (χ4v) is 2.59. The number of rotatable bonds is 6. The standard InChI is InChI=1S/C16H17Cl2N3O3/c1-16(2,7-5-14(22)23)19-15(24)12-6-8-21(20-12)13-4-3-10(17)9-11(13)18/h3-4,6,8-9H,5,7H2,1-2H3,(H,19,24)(H,22,23). The zero-order valence-electron chi connectivity index (χ0n) is 13.2. The van der Waals surface area contributed by atoms with Crippen molar-refractivity contribution in [3.05, 3.63) is 46.2 Å². The molecule has 0 spiro atoms. The molecule has 0 bridgehead atoms. The Hall–Kier alpha value is -2.05. The van der Waals surface area contributed by atoms with Gasteiger partial charge in [-0.05, 0) is 44.5 Å². The summed E-state index contributed by atoms with van der Waals surface area (Å²) in [5.74, 6) is -1.28. The number of nitrogens with zero attached hydrogens (tertiary/aromatic N) is 2. The molecular weight excluding hydrogens is 353 g/mol. The van der Waals surface area contributed by atoms with Gasteiger partial charge in [-0.3, -0.25) is 9.59 Å². The molecule has 0 fully saturated rings. The summed E-state index contributed by atoms with van der Waals surface area (Å²) in [6, 6.07) is 6.54. The third-order valence-corrected chi connectivity index (χ3v) is 3.93. The lowest BCUT2D eigenvalue weighted by Gasteiger charge is -2.25. The van der Waals surface area contributed by atoms with Crippen LogP contribution in [0.1, 0.15) is 37.2 Å². The number of carboxylic acid groups (broad SMARTS) is 1. The first kappa shape index (κ1) is 18.3. The second-order valence-electron chi connectivity index (χ2n) is 5.97. The minimum Gasteiger partial charge on any atom is -0.481 e. The van der Waals surface area contributed by atoms with Crippen LogP contribution in [-0.2, 0) is 4.79 Å². The monoisotopic (exact) mass is 369 g/mol. The summed E-state index contributed by atoms with van der Waals surface area (Å²) in [5.41, 5.74) is 0.159. The van der Waals surface area contributed by atoms with Crippen molar-refractivity contribution in [2.75, 3.05) is 0 Å². The van der Waals surface area contributed by atoms with E-state index in [4.69, 9.17) is 28.3 Å². The lowest BCUT2D eigenvalue weighted by molar-refractivity contribution is -0.137. The molecule has 0 saturated carbocycles. The van der Waals surface area contributed by atoms with E-state index in [0.717, 1.165) is 0 Å². The highest BCUT2D eigenvalue weighted by molar-refractivity contribution is 6.35. The van der Waals surface area contributed by atoms with Gasteiger partial charge in [0.2, 0.25) is 0 Å². The minimum atomic E-state index is -0.904. The molecule has 1 amide bonds. The molecule has 128 valence electrons. The Morgan fingerprint density at radius 3 is 2.62 bits per heavy atom. The van der Waals surface area contributed by atoms with E-state index in [1.807, 2.05) is 0 Å². The maximum Gasteiger partial charge on any atom is 0.303 e. The van der Waals surface area contributed by atoms with E-state index in [0.29, 0.717) is 22.2 Å². The van der Waals surface area contributed by atoms with Gasteiger partial charge < -0.3 is 10.4 Å². The van der Waals surface area contributed by atoms with E-state index >= 15 is 0 Å². The third kappa shape index (κ3) is 4.72. The number of aromatic nitrogens is 2. The predicted molar refractivity (Wildman–Crippen MR) is 92.0 cm³/mol. The van der Waals surface area contributed by atoms with Gasteiger partial charge in [0.1, 0.15) is 0 Å². The zero-order valence-corrected chi connectivity index (χ0v) is 14.7. The first-order valence-electron chi connectivity index (χ1n) is 7.23. The molecule has 0 atom stereocenters.